The van der Waals surface area contributed by atoms with Crippen LogP contribution in [-0.2, 0) is 4.79 Å². The second-order valence-electron chi connectivity index (χ2n) is 4.64. The molecule has 0 aromatic heterocycles. The van der Waals surface area contributed by atoms with E-state index in [-0.39, 0.29) is 17.9 Å². The lowest BCUT2D eigenvalue weighted by atomic mass is 10.2. The van der Waals surface area contributed by atoms with Crippen molar-refractivity contribution in [3.05, 3.63) is 29.8 Å². The SMILES string of the molecule is Cc1ccccc1NC(=O)NCCNC(=O)C(C)C. The number of benzene rings is 1. The van der Waals surface area contributed by atoms with Gasteiger partial charge in [0.15, 0.2) is 0 Å². The van der Waals surface area contributed by atoms with Crippen molar-refractivity contribution in [3.63, 3.8) is 0 Å². The molecule has 3 amide bonds. The van der Waals surface area contributed by atoms with Crippen LogP contribution in [-0.4, -0.2) is 25.0 Å². The van der Waals surface area contributed by atoms with E-state index in [1.165, 1.54) is 0 Å². The highest BCUT2D eigenvalue weighted by molar-refractivity contribution is 5.90. The average molecular weight is 263 g/mol. The fraction of sp³-hybridized carbons (Fsp3) is 0.429. The third-order valence-electron chi connectivity index (χ3n) is 2.63. The molecule has 0 aliphatic carbocycles. The topological polar surface area (TPSA) is 70.2 Å². The molecule has 0 atom stereocenters. The highest BCUT2D eigenvalue weighted by atomic mass is 16.2. The number of carbonyl (C=O) groups is 2. The number of aryl methyl sites for hydroxylation is 1. The van der Waals surface area contributed by atoms with Gasteiger partial charge in [0.2, 0.25) is 5.91 Å². The number of hydrogen-bond donors (Lipinski definition) is 3. The van der Waals surface area contributed by atoms with Crippen LogP contribution in [0, 0.1) is 12.8 Å². The fourth-order valence-electron chi connectivity index (χ4n) is 1.45. The van der Waals surface area contributed by atoms with E-state index < -0.39 is 0 Å². The van der Waals surface area contributed by atoms with Gasteiger partial charge in [-0.25, -0.2) is 4.79 Å². The van der Waals surface area contributed by atoms with E-state index in [1.54, 1.807) is 0 Å². The molecule has 0 saturated carbocycles. The number of carbonyl (C=O) groups excluding carboxylic acids is 2. The molecule has 0 heterocycles. The van der Waals surface area contributed by atoms with Gasteiger partial charge >= 0.3 is 6.03 Å². The second-order valence-corrected chi connectivity index (χ2v) is 4.64. The van der Waals surface area contributed by atoms with Crippen LogP contribution in [0.1, 0.15) is 19.4 Å². The van der Waals surface area contributed by atoms with E-state index in [0.717, 1.165) is 11.3 Å². The molecule has 5 nitrogen and oxygen atoms in total. The maximum absolute atomic E-state index is 11.6. The summed E-state index contributed by atoms with van der Waals surface area (Å²) < 4.78 is 0. The molecular formula is C14H21N3O2. The van der Waals surface area contributed by atoms with Crippen LogP contribution in [0.2, 0.25) is 0 Å². The van der Waals surface area contributed by atoms with E-state index in [1.807, 2.05) is 45.0 Å². The molecule has 1 rings (SSSR count). The minimum Gasteiger partial charge on any atom is -0.354 e. The summed E-state index contributed by atoms with van der Waals surface area (Å²) in [6.45, 7) is 6.41. The molecule has 0 bridgehead atoms. The van der Waals surface area contributed by atoms with Crippen molar-refractivity contribution in [1.82, 2.24) is 10.6 Å². The number of anilines is 1. The Bertz CT molecular complexity index is 444. The van der Waals surface area contributed by atoms with Crippen molar-refractivity contribution in [2.45, 2.75) is 20.8 Å². The second kappa shape index (κ2) is 7.41. The molecule has 0 spiro atoms. The highest BCUT2D eigenvalue weighted by Gasteiger charge is 2.06. The minimum absolute atomic E-state index is 0.0129. The first-order valence-electron chi connectivity index (χ1n) is 6.39. The Kier molecular flexibility index (Phi) is 5.85. The molecule has 0 saturated heterocycles. The molecule has 0 unspecified atom stereocenters. The van der Waals surface area contributed by atoms with Crippen LogP contribution < -0.4 is 16.0 Å². The summed E-state index contributed by atoms with van der Waals surface area (Å²) in [5.74, 6) is -0.0538. The maximum atomic E-state index is 11.6. The van der Waals surface area contributed by atoms with Crippen LogP contribution >= 0.6 is 0 Å². The molecule has 3 N–H and O–H groups in total. The predicted octanol–water partition coefficient (Wildman–Crippen LogP) is 1.89. The first-order chi connectivity index (χ1) is 9.00. The van der Waals surface area contributed by atoms with Gasteiger partial charge in [-0.1, -0.05) is 32.0 Å². The number of urea groups is 1. The number of para-hydroxylation sites is 1. The third kappa shape index (κ3) is 5.42. The Labute approximate surface area is 113 Å². The Morgan fingerprint density at radius 1 is 1.11 bits per heavy atom. The van der Waals surface area contributed by atoms with E-state index in [2.05, 4.69) is 16.0 Å². The Balaban J connectivity index is 2.26. The number of nitrogens with one attached hydrogen (secondary N) is 3. The monoisotopic (exact) mass is 263 g/mol. The van der Waals surface area contributed by atoms with Gasteiger partial charge in [-0.2, -0.15) is 0 Å². The van der Waals surface area contributed by atoms with Crippen LogP contribution in [0.25, 0.3) is 0 Å². The van der Waals surface area contributed by atoms with Gasteiger partial charge < -0.3 is 16.0 Å². The summed E-state index contributed by atoms with van der Waals surface area (Å²) >= 11 is 0. The molecule has 0 aliphatic heterocycles. The first-order valence-corrected chi connectivity index (χ1v) is 6.39. The highest BCUT2D eigenvalue weighted by Crippen LogP contribution is 2.12. The average Bonchev–Trinajstić information content (AvgIpc) is 2.37. The molecule has 1 aromatic rings. The normalized spacial score (nSPS) is 10.1. The van der Waals surface area contributed by atoms with Crippen molar-refractivity contribution in [2.75, 3.05) is 18.4 Å². The zero-order chi connectivity index (χ0) is 14.3. The van der Waals surface area contributed by atoms with Crippen molar-refractivity contribution >= 4 is 17.6 Å². The van der Waals surface area contributed by atoms with Crippen molar-refractivity contribution in [1.29, 1.82) is 0 Å². The number of rotatable bonds is 5. The van der Waals surface area contributed by atoms with E-state index in [4.69, 9.17) is 0 Å². The Hall–Kier alpha value is -2.04. The minimum atomic E-state index is -0.270. The first kappa shape index (κ1) is 15.0. The van der Waals surface area contributed by atoms with Crippen LogP contribution in [0.3, 0.4) is 0 Å². The van der Waals surface area contributed by atoms with Gasteiger partial charge in [0.25, 0.3) is 0 Å². The summed E-state index contributed by atoms with van der Waals surface area (Å²) in [5.41, 5.74) is 1.79. The van der Waals surface area contributed by atoms with Crippen LogP contribution in [0.5, 0.6) is 0 Å². The molecular weight excluding hydrogens is 242 g/mol. The maximum Gasteiger partial charge on any atom is 0.319 e. The van der Waals surface area contributed by atoms with E-state index in [9.17, 15) is 9.59 Å². The summed E-state index contributed by atoms with van der Waals surface area (Å²) in [4.78, 5) is 22.9. The summed E-state index contributed by atoms with van der Waals surface area (Å²) in [6, 6.07) is 7.28. The van der Waals surface area contributed by atoms with E-state index in [0.29, 0.717) is 13.1 Å². The molecule has 1 aromatic carbocycles. The Morgan fingerprint density at radius 2 is 1.74 bits per heavy atom. The molecule has 0 radical (unpaired) electrons. The van der Waals surface area contributed by atoms with Crippen molar-refractivity contribution < 1.29 is 9.59 Å². The van der Waals surface area contributed by atoms with E-state index >= 15 is 0 Å². The predicted molar refractivity (Wildman–Crippen MR) is 76.0 cm³/mol. The smallest absolute Gasteiger partial charge is 0.319 e. The molecule has 104 valence electrons. The molecule has 19 heavy (non-hydrogen) atoms. The summed E-state index contributed by atoms with van der Waals surface area (Å²) in [5, 5.41) is 8.18. The van der Waals surface area contributed by atoms with Crippen LogP contribution in [0.4, 0.5) is 10.5 Å². The zero-order valence-corrected chi connectivity index (χ0v) is 11.6. The third-order valence-corrected chi connectivity index (χ3v) is 2.63. The van der Waals surface area contributed by atoms with Gasteiger partial charge in [0, 0.05) is 24.7 Å². The lowest BCUT2D eigenvalue weighted by Gasteiger charge is -2.11. The quantitative estimate of drug-likeness (QED) is 0.710. The summed E-state index contributed by atoms with van der Waals surface area (Å²) in [7, 11) is 0. The number of amides is 3. The van der Waals surface area contributed by atoms with Crippen LogP contribution in [0.15, 0.2) is 24.3 Å². The van der Waals surface area contributed by atoms with Gasteiger partial charge in [0.05, 0.1) is 0 Å². The van der Waals surface area contributed by atoms with Crippen molar-refractivity contribution in [3.8, 4) is 0 Å². The Morgan fingerprint density at radius 3 is 2.37 bits per heavy atom. The van der Waals surface area contributed by atoms with Gasteiger partial charge in [0.1, 0.15) is 0 Å². The lowest BCUT2D eigenvalue weighted by molar-refractivity contribution is -0.123. The van der Waals surface area contributed by atoms with Crippen molar-refractivity contribution in [2.24, 2.45) is 5.92 Å². The zero-order valence-electron chi connectivity index (χ0n) is 11.6. The molecule has 0 aliphatic rings. The largest absolute Gasteiger partial charge is 0.354 e. The molecule has 5 heteroatoms. The van der Waals surface area contributed by atoms with Gasteiger partial charge in [-0.15, -0.1) is 0 Å². The summed E-state index contributed by atoms with van der Waals surface area (Å²) in [6.07, 6.45) is 0. The lowest BCUT2D eigenvalue weighted by Crippen LogP contribution is -2.38. The molecule has 0 fully saturated rings. The van der Waals surface area contributed by atoms with Gasteiger partial charge in [-0.05, 0) is 18.6 Å². The van der Waals surface area contributed by atoms with Gasteiger partial charge in [-0.3, -0.25) is 4.79 Å². The standard InChI is InChI=1S/C14H21N3O2/c1-10(2)13(18)15-8-9-16-14(19)17-12-7-5-4-6-11(12)3/h4-7,10H,8-9H2,1-3H3,(H,15,18)(H2,16,17,19). The number of hydrogen-bond acceptors (Lipinski definition) is 2. The fourth-order valence-corrected chi connectivity index (χ4v) is 1.45.